The van der Waals surface area contributed by atoms with Gasteiger partial charge in [-0.1, -0.05) is 30.3 Å². The number of aliphatic imine (C=N–C) groups is 1. The van der Waals surface area contributed by atoms with E-state index in [2.05, 4.69) is 47.6 Å². The standard InChI is InChI=1S/C25H29N3O2/c1-3-30-25(29)21-8-10-22(11-9-21)26-24-13-12-23(27-24)20-6-4-18(5-7-20)19-14-16-28(2)17-15-19/h4-12,19H,3,13-17H2,1-2H3,(H,26,27). The topological polar surface area (TPSA) is 53.9 Å². The zero-order valence-corrected chi connectivity index (χ0v) is 17.7. The van der Waals surface area contributed by atoms with Gasteiger partial charge in [0.25, 0.3) is 0 Å². The number of nitrogens with one attached hydrogen (secondary N) is 1. The predicted molar refractivity (Wildman–Crippen MR) is 122 cm³/mol. The van der Waals surface area contributed by atoms with Crippen LogP contribution in [0.5, 0.6) is 0 Å². The summed E-state index contributed by atoms with van der Waals surface area (Å²) in [6.07, 6.45) is 5.39. The van der Waals surface area contributed by atoms with Crippen molar-refractivity contribution in [1.29, 1.82) is 0 Å². The van der Waals surface area contributed by atoms with E-state index in [0.717, 1.165) is 29.2 Å². The van der Waals surface area contributed by atoms with Gasteiger partial charge in [-0.15, -0.1) is 0 Å². The Labute approximate surface area is 178 Å². The minimum Gasteiger partial charge on any atom is -0.462 e. The molecule has 5 heteroatoms. The van der Waals surface area contributed by atoms with E-state index in [-0.39, 0.29) is 5.97 Å². The van der Waals surface area contributed by atoms with Gasteiger partial charge in [0.1, 0.15) is 5.84 Å². The molecule has 0 saturated carbocycles. The monoisotopic (exact) mass is 403 g/mol. The Kier molecular flexibility index (Phi) is 6.29. The van der Waals surface area contributed by atoms with Crippen molar-refractivity contribution < 1.29 is 9.53 Å². The van der Waals surface area contributed by atoms with Crippen LogP contribution in [0.4, 0.5) is 5.69 Å². The highest BCUT2D eigenvalue weighted by atomic mass is 16.5. The maximum atomic E-state index is 11.8. The van der Waals surface area contributed by atoms with Crippen molar-refractivity contribution >= 4 is 23.2 Å². The summed E-state index contributed by atoms with van der Waals surface area (Å²) in [6.45, 7) is 4.54. The maximum absolute atomic E-state index is 11.8. The number of benzene rings is 2. The van der Waals surface area contributed by atoms with Crippen LogP contribution in [0.3, 0.4) is 0 Å². The lowest BCUT2D eigenvalue weighted by atomic mass is 9.89. The molecule has 0 atom stereocenters. The van der Waals surface area contributed by atoms with Crippen molar-refractivity contribution in [2.45, 2.75) is 32.1 Å². The van der Waals surface area contributed by atoms with Crippen LogP contribution in [-0.4, -0.2) is 43.4 Å². The van der Waals surface area contributed by atoms with Crippen molar-refractivity contribution in [1.82, 2.24) is 4.90 Å². The van der Waals surface area contributed by atoms with Crippen LogP contribution < -0.4 is 5.32 Å². The minimum absolute atomic E-state index is 0.296. The number of piperidine rings is 1. The van der Waals surface area contributed by atoms with E-state index in [9.17, 15) is 4.79 Å². The van der Waals surface area contributed by atoms with Crippen LogP contribution in [0.2, 0.25) is 0 Å². The molecule has 2 aromatic carbocycles. The van der Waals surface area contributed by atoms with Crippen LogP contribution in [0.1, 0.15) is 53.6 Å². The van der Waals surface area contributed by atoms with E-state index < -0.39 is 0 Å². The first kappa shape index (κ1) is 20.4. The summed E-state index contributed by atoms with van der Waals surface area (Å²) in [5.74, 6) is 1.29. The fraction of sp³-hybridized carbons (Fsp3) is 0.360. The third kappa shape index (κ3) is 4.79. The van der Waals surface area contributed by atoms with Crippen LogP contribution in [0, 0.1) is 0 Å². The van der Waals surface area contributed by atoms with Crippen LogP contribution in [-0.2, 0) is 4.74 Å². The van der Waals surface area contributed by atoms with E-state index in [0.29, 0.717) is 18.1 Å². The Balaban J connectivity index is 1.37. The number of hydrogen-bond acceptors (Lipinski definition) is 5. The number of hydrogen-bond donors (Lipinski definition) is 1. The van der Waals surface area contributed by atoms with Crippen LogP contribution >= 0.6 is 0 Å². The Hall–Kier alpha value is -2.92. The van der Waals surface area contributed by atoms with Crippen molar-refractivity contribution in [2.24, 2.45) is 4.99 Å². The Morgan fingerprint density at radius 2 is 1.80 bits per heavy atom. The molecule has 0 aliphatic carbocycles. The van der Waals surface area contributed by atoms with Gasteiger partial charge < -0.3 is 15.0 Å². The molecule has 5 nitrogen and oxygen atoms in total. The van der Waals surface area contributed by atoms with Crippen LogP contribution in [0.15, 0.2) is 59.6 Å². The normalized spacial score (nSPS) is 17.4. The van der Waals surface area contributed by atoms with Gasteiger partial charge in [0.15, 0.2) is 0 Å². The van der Waals surface area contributed by atoms with Gasteiger partial charge in [0, 0.05) is 12.1 Å². The zero-order valence-electron chi connectivity index (χ0n) is 17.7. The fourth-order valence-electron chi connectivity index (χ4n) is 4.03. The number of likely N-dealkylation sites (tertiary alicyclic amines) is 1. The molecule has 2 aliphatic rings. The summed E-state index contributed by atoms with van der Waals surface area (Å²) in [4.78, 5) is 18.9. The minimum atomic E-state index is -0.296. The van der Waals surface area contributed by atoms with Gasteiger partial charge in [-0.25, -0.2) is 9.79 Å². The number of amidine groups is 1. The summed E-state index contributed by atoms with van der Waals surface area (Å²) in [6, 6.07) is 16.2. The van der Waals surface area contributed by atoms with E-state index in [1.54, 1.807) is 19.1 Å². The lowest BCUT2D eigenvalue weighted by molar-refractivity contribution is 0.0526. The SMILES string of the molecule is CCOC(=O)c1ccc(NC2=NC(c3ccc(C4CCN(C)CC4)cc3)=CC2)cc1. The first-order chi connectivity index (χ1) is 14.6. The molecule has 156 valence electrons. The molecule has 0 bridgehead atoms. The number of anilines is 1. The molecular formula is C25H29N3O2. The number of rotatable bonds is 5. The highest BCUT2D eigenvalue weighted by Gasteiger charge is 2.18. The van der Waals surface area contributed by atoms with E-state index in [4.69, 9.17) is 9.73 Å². The largest absolute Gasteiger partial charge is 0.462 e. The highest BCUT2D eigenvalue weighted by Crippen LogP contribution is 2.30. The Morgan fingerprint density at radius 3 is 2.47 bits per heavy atom. The number of ether oxygens (including phenoxy) is 1. The molecule has 1 fully saturated rings. The van der Waals surface area contributed by atoms with Crippen molar-refractivity contribution in [3.8, 4) is 0 Å². The second kappa shape index (κ2) is 9.26. The summed E-state index contributed by atoms with van der Waals surface area (Å²) in [7, 11) is 2.20. The third-order valence-electron chi connectivity index (χ3n) is 5.83. The first-order valence-electron chi connectivity index (χ1n) is 10.7. The average molecular weight is 404 g/mol. The highest BCUT2D eigenvalue weighted by molar-refractivity contribution is 6.03. The second-order valence-corrected chi connectivity index (χ2v) is 7.97. The molecule has 0 amide bonds. The van der Waals surface area contributed by atoms with Gasteiger partial charge in [0.2, 0.25) is 0 Å². The summed E-state index contributed by atoms with van der Waals surface area (Å²) in [5.41, 5.74) is 5.07. The van der Waals surface area contributed by atoms with Gasteiger partial charge >= 0.3 is 5.97 Å². The number of carbonyl (C=O) groups excluding carboxylic acids is 1. The van der Waals surface area contributed by atoms with Gasteiger partial charge in [0.05, 0.1) is 17.9 Å². The van der Waals surface area contributed by atoms with Gasteiger partial charge in [-0.2, -0.15) is 0 Å². The third-order valence-corrected chi connectivity index (χ3v) is 5.83. The van der Waals surface area contributed by atoms with Crippen molar-refractivity contribution in [3.63, 3.8) is 0 Å². The van der Waals surface area contributed by atoms with E-state index >= 15 is 0 Å². The van der Waals surface area contributed by atoms with E-state index in [1.165, 1.54) is 31.5 Å². The summed E-state index contributed by atoms with van der Waals surface area (Å²) >= 11 is 0. The zero-order chi connectivity index (χ0) is 20.9. The molecule has 0 radical (unpaired) electrons. The molecule has 0 spiro atoms. The first-order valence-corrected chi connectivity index (χ1v) is 10.7. The lowest BCUT2D eigenvalue weighted by Crippen LogP contribution is -2.29. The molecule has 1 N–H and O–H groups in total. The molecule has 0 unspecified atom stereocenters. The van der Waals surface area contributed by atoms with Gasteiger partial charge in [-0.3, -0.25) is 0 Å². The Morgan fingerprint density at radius 1 is 1.10 bits per heavy atom. The summed E-state index contributed by atoms with van der Waals surface area (Å²) in [5, 5.41) is 3.35. The Bertz CT molecular complexity index is 937. The molecule has 1 saturated heterocycles. The molecule has 2 aromatic rings. The second-order valence-electron chi connectivity index (χ2n) is 7.97. The molecule has 30 heavy (non-hydrogen) atoms. The lowest BCUT2D eigenvalue weighted by Gasteiger charge is -2.29. The molecular weight excluding hydrogens is 374 g/mol. The molecule has 0 aromatic heterocycles. The molecule has 2 heterocycles. The molecule has 2 aliphatic heterocycles. The molecule has 4 rings (SSSR count). The van der Waals surface area contributed by atoms with Crippen LogP contribution in [0.25, 0.3) is 5.70 Å². The maximum Gasteiger partial charge on any atom is 0.338 e. The number of esters is 1. The quantitative estimate of drug-likeness (QED) is 0.720. The predicted octanol–water partition coefficient (Wildman–Crippen LogP) is 4.93. The van der Waals surface area contributed by atoms with E-state index in [1.807, 2.05) is 12.1 Å². The fourth-order valence-corrected chi connectivity index (χ4v) is 4.03. The average Bonchev–Trinajstić information content (AvgIpc) is 3.23. The number of carbonyl (C=O) groups is 1. The van der Waals surface area contributed by atoms with Crippen molar-refractivity contribution in [3.05, 3.63) is 71.3 Å². The summed E-state index contributed by atoms with van der Waals surface area (Å²) < 4.78 is 5.02. The number of nitrogens with zero attached hydrogens (tertiary/aromatic N) is 2. The van der Waals surface area contributed by atoms with Gasteiger partial charge in [-0.05, 0) is 81.2 Å². The smallest absolute Gasteiger partial charge is 0.338 e. The van der Waals surface area contributed by atoms with Crippen molar-refractivity contribution in [2.75, 3.05) is 32.1 Å².